The molecule has 10 atom stereocenters. The first kappa shape index (κ1) is 102. The number of hydrogen-bond donors (Lipinski definition) is 1. The quantitative estimate of drug-likeness (QED) is 0.0256. The van der Waals surface area contributed by atoms with E-state index in [1.165, 1.54) is 16.7 Å². The molecule has 4 aliphatic heterocycles. The van der Waals surface area contributed by atoms with Crippen LogP contribution in [0.2, 0.25) is 51.4 Å². The Kier molecular flexibility index (Phi) is 33.4. The molecule has 2 amide bonds. The number of nitrogens with zero attached hydrogens (tertiary/aromatic N) is 18. The van der Waals surface area contributed by atoms with Crippen molar-refractivity contribution in [3.63, 3.8) is 0 Å². The summed E-state index contributed by atoms with van der Waals surface area (Å²) in [6.07, 6.45) is 5.48. The molecule has 6 aromatic heterocycles. The molecule has 2 aliphatic carbocycles. The second kappa shape index (κ2) is 40.9. The summed E-state index contributed by atoms with van der Waals surface area (Å²) in [5.74, 6) is 1.65. The van der Waals surface area contributed by atoms with Crippen LogP contribution in [-0.2, 0) is 97.0 Å². The molecule has 7 aromatic rings. The topological polar surface area (TPSA) is 482 Å². The van der Waals surface area contributed by atoms with Gasteiger partial charge in [0, 0.05) is 67.2 Å². The van der Waals surface area contributed by atoms with Crippen molar-refractivity contribution in [3.8, 4) is 0 Å². The zero-order valence-electron chi connectivity index (χ0n) is 75.6. The Bertz CT molecular complexity index is 4940. The maximum Gasteiger partial charge on any atom is 1.00 e. The molecule has 47 heteroatoms. The zero-order valence-corrected chi connectivity index (χ0v) is 84.6. The van der Waals surface area contributed by atoms with Gasteiger partial charge < -0.3 is 75.8 Å². The number of aliphatic hydroxyl groups excluding tert-OH is 1. The first-order chi connectivity index (χ1) is 57.8. The summed E-state index contributed by atoms with van der Waals surface area (Å²) in [6.45, 7) is 39.2. The molecular weight excluding hydrogens is 1840 g/mol. The maximum absolute atomic E-state index is 14.3. The summed E-state index contributed by atoms with van der Waals surface area (Å²) in [4.78, 5) is 53.1. The first-order valence-electron chi connectivity index (χ1n) is 41.4. The van der Waals surface area contributed by atoms with Gasteiger partial charge in [0.25, 0.3) is 0 Å². The van der Waals surface area contributed by atoms with E-state index in [2.05, 4.69) is 79.0 Å². The number of aromatic nitrogens is 16. The number of halogens is 1. The van der Waals surface area contributed by atoms with Crippen LogP contribution in [0.25, 0.3) is 34.2 Å². The van der Waals surface area contributed by atoms with Crippen molar-refractivity contribution < 1.29 is 149 Å². The van der Waals surface area contributed by atoms with Gasteiger partial charge in [-0.2, -0.15) is 10.2 Å². The van der Waals surface area contributed by atoms with Crippen LogP contribution >= 0.6 is 23.1 Å². The van der Waals surface area contributed by atoms with Crippen LogP contribution in [0.3, 0.4) is 0 Å². The monoisotopic (exact) mass is 1960 g/mol. The number of anilines is 2. The minimum atomic E-state index is -5.94. The maximum atomic E-state index is 14.3. The molecule has 125 heavy (non-hydrogen) atoms. The molecule has 0 bridgehead atoms. The third-order valence-corrected chi connectivity index (χ3v) is 29.8. The number of carbonyl (C=O) groups is 2. The minimum absolute atomic E-state index is 0. The Morgan fingerprint density at radius 2 is 1.02 bits per heavy atom. The molecule has 1 aromatic carbocycles. The van der Waals surface area contributed by atoms with Gasteiger partial charge in [-0.1, -0.05) is 75.7 Å². The number of amides is 2. The molecular formula is C78H121IN18NaO22P3Si2. The summed E-state index contributed by atoms with van der Waals surface area (Å²) in [5.41, 5.74) is 0.337. The third kappa shape index (κ3) is 26.7. The van der Waals surface area contributed by atoms with Crippen LogP contribution in [-0.4, -0.2) is 275 Å². The fraction of sp³-hybridized carbons (Fsp3) is 0.705. The van der Waals surface area contributed by atoms with E-state index in [9.17, 15) is 23.8 Å². The summed E-state index contributed by atoms with van der Waals surface area (Å²) in [5, 5.41) is 44.2. The van der Waals surface area contributed by atoms with Gasteiger partial charge in [-0.15, -0.1) is 38.9 Å². The van der Waals surface area contributed by atoms with Crippen molar-refractivity contribution in [2.75, 3.05) is 83.2 Å². The van der Waals surface area contributed by atoms with Crippen molar-refractivity contribution in [2.45, 2.75) is 280 Å². The number of methoxy groups -OCH3 is 1. The van der Waals surface area contributed by atoms with E-state index in [0.29, 0.717) is 64.4 Å². The first-order valence-corrected chi connectivity index (χ1v) is 58.1. The van der Waals surface area contributed by atoms with Crippen LogP contribution in [0.5, 0.6) is 0 Å². The van der Waals surface area contributed by atoms with E-state index >= 15 is 0 Å². The van der Waals surface area contributed by atoms with Gasteiger partial charge in [-0.3, -0.25) is 23.5 Å². The molecule has 0 radical (unpaired) electrons. The van der Waals surface area contributed by atoms with Crippen LogP contribution in [0.1, 0.15) is 149 Å². The van der Waals surface area contributed by atoms with E-state index in [0.717, 1.165) is 56.2 Å². The second-order valence-corrected chi connectivity index (χ2v) is 58.6. The van der Waals surface area contributed by atoms with E-state index in [4.69, 9.17) is 105 Å². The third-order valence-electron chi connectivity index (χ3n) is 21.4. The Morgan fingerprint density at radius 1 is 0.624 bits per heavy atom. The smallest absolute Gasteiger partial charge is 0.443 e. The van der Waals surface area contributed by atoms with Crippen molar-refractivity contribution in [3.05, 3.63) is 71.6 Å². The fourth-order valence-electron chi connectivity index (χ4n) is 14.5. The summed E-state index contributed by atoms with van der Waals surface area (Å²) < 4.78 is 147. The predicted molar refractivity (Wildman–Crippen MR) is 454 cm³/mol. The number of benzene rings is 1. The number of ether oxygens (including phenoxy) is 13. The molecule has 1 N–H and O–H groups in total. The Balaban J connectivity index is 0.000000247. The largest absolute Gasteiger partial charge is 1.00 e. The number of aliphatic hydroxyl groups is 1. The zero-order chi connectivity index (χ0) is 90.7. The van der Waals surface area contributed by atoms with Gasteiger partial charge in [0.2, 0.25) is 0 Å². The second-order valence-electron chi connectivity index (χ2n) is 37.9. The van der Waals surface area contributed by atoms with Crippen LogP contribution in [0.15, 0.2) is 42.7 Å². The molecule has 6 aliphatic rings. The van der Waals surface area contributed by atoms with Crippen LogP contribution < -0.4 is 73.2 Å². The van der Waals surface area contributed by atoms with Gasteiger partial charge in [-0.25, -0.2) is 38.9 Å². The normalized spacial score (nSPS) is 22.6. The number of carbonyl (C=O) groups excluding carboxylic acids is 2. The Morgan fingerprint density at radius 3 is 1.40 bits per heavy atom. The average molecular weight is 1960 g/mol. The van der Waals surface area contributed by atoms with Gasteiger partial charge in [0.15, 0.2) is 94.4 Å². The van der Waals surface area contributed by atoms with Crippen molar-refractivity contribution in [2.24, 2.45) is 0 Å². The standard InChI is InChI=1S/C43H64N9O9PSi.C35H57N9O9P2Si.IO4.Na/c1-41(2,3)61-40(53)51(30-18-15-19-30)37-31-25-44-52(38(31)46-33(45-37)21-20-29-16-13-12-14-17-29)39-36-35(59-42(4,5)60-36)32(58-39)26-57-43(27-55-6,62(7,8)54)24-34-47-49-50(48-34)28-56-22-23-63(9,10)11;1-33(2,3)53-32(46)43(22-12-11-13-22)29-23-17-36-44(30(23)38-26(19-54)37-29)31-28-27(51-34(4,5)52-28)24(50-31)18-49-35(20-45,55(6,7)47)16-25-39-41-42(40-25)21-48-14-15-56(8,9)10;2-1(3,4)5;/h12-14,16-17,20-21,25,30,32,35-36,39H,15,18-19,22-24,26-28H2,1-11H3;17,19,22,24,27-28,31,45,54H,11-16,18,20-21H2,1-10H3;;/q;;-1;+1/b21-20+;;;/t32-,35-,36-,39-,43+;24-,27-,28-,31-,35+;;/m11../s1. The average Bonchev–Trinajstić information content (AvgIpc) is 1.59. The molecule has 4 saturated heterocycles. The molecule has 13 rings (SSSR count). The Hall–Kier alpha value is -5.11. The van der Waals surface area contributed by atoms with Crippen LogP contribution in [0, 0.1) is 0 Å². The Labute approximate surface area is 761 Å². The summed E-state index contributed by atoms with van der Waals surface area (Å²) >= 11 is -5.94. The molecule has 40 nitrogen and oxygen atoms in total. The molecule has 2 saturated carbocycles. The number of tetrazole rings is 2. The van der Waals surface area contributed by atoms with Gasteiger partial charge >= 0.3 is 41.7 Å². The molecule has 0 unspecified atom stereocenters. The number of fused-ring (bicyclic) bond motifs is 4. The van der Waals surface area contributed by atoms with E-state index < -0.39 is 152 Å². The molecule has 10 heterocycles. The molecule has 0 spiro atoms. The van der Waals surface area contributed by atoms with E-state index in [-0.39, 0.29) is 93.6 Å². The van der Waals surface area contributed by atoms with Crippen molar-refractivity contribution in [1.29, 1.82) is 0 Å². The van der Waals surface area contributed by atoms with Gasteiger partial charge in [0.1, 0.15) is 82.2 Å². The number of rotatable bonds is 34. The number of hydrogen-bond acceptors (Lipinski definition) is 34. The van der Waals surface area contributed by atoms with Gasteiger partial charge in [0.05, 0.1) is 49.6 Å². The van der Waals surface area contributed by atoms with Gasteiger partial charge in [-0.05, 0) is 169 Å². The van der Waals surface area contributed by atoms with E-state index in [1.807, 2.05) is 112 Å². The van der Waals surface area contributed by atoms with Crippen molar-refractivity contribution in [1.82, 2.24) is 79.9 Å². The minimum Gasteiger partial charge on any atom is -0.443 e. The predicted octanol–water partition coefficient (Wildman–Crippen LogP) is 1.18. The van der Waals surface area contributed by atoms with E-state index in [1.54, 1.807) is 64.0 Å². The fourth-order valence-corrected chi connectivity index (χ4v) is 18.8. The van der Waals surface area contributed by atoms with Crippen molar-refractivity contribution >= 4 is 103 Å². The molecule has 6 fully saturated rings. The summed E-state index contributed by atoms with van der Waals surface area (Å²) in [7, 11) is -3.86. The molecule has 686 valence electrons. The SMILES string of the molecule is CC(C)(C)OC(=O)N(c1nc(C=P)nc2c1cnn2[C@@H]1O[C@H](CO[C@@](CO)(Cc2nnn(COCC[Si](C)(C)C)n2)P(C)(C)=O)[C@H]2OC(C)(C)O[C@H]21)C1CCC1.COC[C@@](Cc1nnn(COCC[Si](C)(C)C)n1)(OC[C@H]1O[C@@H](n2ncc3c(N(C(=O)OC(C)(C)C)C4CCC4)nc(/C=C/c4ccccc4)nc32)[C@@H]2OC(C)(C)O[C@@H]21)P(C)(C)=O.[Na+].[O-][I+3]([O-])([O-])[O-]. The summed E-state index contributed by atoms with van der Waals surface area (Å²) in [6, 6.07) is 11.6. The van der Waals surface area contributed by atoms with Crippen LogP contribution in [0.4, 0.5) is 21.2 Å².